The molecule has 1 atom stereocenters. The predicted molar refractivity (Wildman–Crippen MR) is 163 cm³/mol. The summed E-state index contributed by atoms with van der Waals surface area (Å²) in [4.78, 5) is 97.2. The molecule has 1 aromatic rings. The summed E-state index contributed by atoms with van der Waals surface area (Å²) in [5.41, 5.74) is -0.131. The molecule has 0 radical (unpaired) electrons. The minimum Gasteiger partial charge on any atom is -0.482 e. The maximum absolute atomic E-state index is 12.6. The molecule has 49 heavy (non-hydrogen) atoms. The average molecular weight is 702 g/mol. The van der Waals surface area contributed by atoms with E-state index in [0.29, 0.717) is 0 Å². The number of anilines is 1. The Morgan fingerprint density at radius 2 is 1.04 bits per heavy atom. The zero-order valence-electron chi connectivity index (χ0n) is 26.4. The van der Waals surface area contributed by atoms with E-state index in [9.17, 15) is 58.8 Å². The van der Waals surface area contributed by atoms with Crippen LogP contribution in [-0.4, -0.2) is 182 Å². The number of carboxylic acid groups (broad SMARTS) is 7. The number of aliphatic carboxylic acids is 7. The molecule has 1 amide bonds. The molecule has 0 aliphatic carbocycles. The van der Waals surface area contributed by atoms with Crippen molar-refractivity contribution in [3.8, 4) is 5.75 Å². The van der Waals surface area contributed by atoms with Gasteiger partial charge in [0.2, 0.25) is 5.91 Å². The molecule has 21 heteroatoms. The summed E-state index contributed by atoms with van der Waals surface area (Å²) in [5, 5.41) is 68.3. The SMILES string of the molecule is CC(=O)Nc1ccc(OCC(=O)O)c(C(C(=O)O)N(CCN(CCN(CCN(CC(=O)O)CC(=O)O)CC(=O)O)CC(=O)O)CC(=O)O)c1. The quantitative estimate of drug-likeness (QED) is 0.0511. The lowest BCUT2D eigenvalue weighted by Gasteiger charge is -2.32. The molecule has 0 saturated carbocycles. The Labute approximate surface area is 278 Å². The molecule has 0 aliphatic heterocycles. The molecule has 1 rings (SSSR count). The van der Waals surface area contributed by atoms with Gasteiger partial charge in [-0.2, -0.15) is 0 Å². The molecule has 0 saturated heterocycles. The van der Waals surface area contributed by atoms with Crippen LogP contribution in [-0.2, 0) is 38.4 Å². The molecular weight excluding hydrogens is 662 g/mol. The number of rotatable bonds is 26. The number of carbonyl (C=O) groups is 8. The van der Waals surface area contributed by atoms with Crippen molar-refractivity contribution in [1.82, 2.24) is 19.6 Å². The lowest BCUT2D eigenvalue weighted by molar-refractivity contribution is -0.148. The largest absolute Gasteiger partial charge is 0.482 e. The first-order valence-electron chi connectivity index (χ1n) is 14.4. The minimum absolute atomic E-state index is 0.0861. The average Bonchev–Trinajstić information content (AvgIpc) is 2.94. The monoisotopic (exact) mass is 701 g/mol. The number of nitrogens with zero attached hydrogens (tertiary/aromatic N) is 4. The number of carboxylic acids is 7. The molecule has 272 valence electrons. The van der Waals surface area contributed by atoms with Crippen molar-refractivity contribution in [1.29, 1.82) is 0 Å². The van der Waals surface area contributed by atoms with Crippen molar-refractivity contribution in [2.75, 3.05) is 83.9 Å². The van der Waals surface area contributed by atoms with E-state index in [2.05, 4.69) is 5.32 Å². The van der Waals surface area contributed by atoms with Gasteiger partial charge >= 0.3 is 41.8 Å². The van der Waals surface area contributed by atoms with Gasteiger partial charge in [0.15, 0.2) is 6.61 Å². The van der Waals surface area contributed by atoms with Gasteiger partial charge in [-0.05, 0) is 18.2 Å². The molecule has 1 aromatic carbocycles. The second-order valence-electron chi connectivity index (χ2n) is 10.6. The first-order chi connectivity index (χ1) is 22.9. The smallest absolute Gasteiger partial charge is 0.341 e. The number of amides is 1. The summed E-state index contributed by atoms with van der Waals surface area (Å²) in [6.45, 7) is -4.34. The van der Waals surface area contributed by atoms with Crippen LogP contribution in [0.15, 0.2) is 18.2 Å². The molecule has 21 nitrogen and oxygen atoms in total. The number of hydrogen-bond donors (Lipinski definition) is 8. The maximum atomic E-state index is 12.6. The second kappa shape index (κ2) is 20.8. The van der Waals surface area contributed by atoms with E-state index in [1.807, 2.05) is 0 Å². The van der Waals surface area contributed by atoms with Gasteiger partial charge in [-0.15, -0.1) is 0 Å². The zero-order chi connectivity index (χ0) is 37.3. The zero-order valence-corrected chi connectivity index (χ0v) is 26.4. The van der Waals surface area contributed by atoms with E-state index in [1.54, 1.807) is 0 Å². The van der Waals surface area contributed by atoms with Crippen LogP contribution >= 0.6 is 0 Å². The molecule has 0 spiro atoms. The Hall–Kier alpha value is -5.38. The summed E-state index contributed by atoms with van der Waals surface area (Å²) < 4.78 is 5.24. The van der Waals surface area contributed by atoms with Crippen LogP contribution in [0.5, 0.6) is 5.75 Å². The fraction of sp³-hybridized carbons (Fsp3) is 0.500. The van der Waals surface area contributed by atoms with Crippen LogP contribution in [0.25, 0.3) is 0 Å². The highest BCUT2D eigenvalue weighted by Crippen LogP contribution is 2.33. The first kappa shape index (κ1) is 41.6. The van der Waals surface area contributed by atoms with E-state index in [-0.39, 0.29) is 49.7 Å². The Kier molecular flexibility index (Phi) is 17.7. The van der Waals surface area contributed by atoms with Crippen LogP contribution in [0.2, 0.25) is 0 Å². The van der Waals surface area contributed by atoms with Crippen molar-refractivity contribution in [3.05, 3.63) is 23.8 Å². The lowest BCUT2D eigenvalue weighted by Crippen LogP contribution is -2.47. The molecule has 0 bridgehead atoms. The molecule has 1 unspecified atom stereocenters. The van der Waals surface area contributed by atoms with Crippen LogP contribution in [0.4, 0.5) is 5.69 Å². The van der Waals surface area contributed by atoms with E-state index in [1.165, 1.54) is 34.9 Å². The van der Waals surface area contributed by atoms with E-state index < -0.39 is 99.6 Å². The van der Waals surface area contributed by atoms with Crippen molar-refractivity contribution < 1.29 is 78.8 Å². The van der Waals surface area contributed by atoms with E-state index in [0.717, 1.165) is 9.80 Å². The number of carbonyl (C=O) groups excluding carboxylic acids is 1. The number of hydrogen-bond acceptors (Lipinski definition) is 13. The minimum atomic E-state index is -1.81. The Bertz CT molecular complexity index is 1360. The first-order valence-corrected chi connectivity index (χ1v) is 14.4. The summed E-state index contributed by atoms with van der Waals surface area (Å²) in [7, 11) is 0. The van der Waals surface area contributed by atoms with Gasteiger partial charge in [-0.1, -0.05) is 0 Å². The highest BCUT2D eigenvalue weighted by atomic mass is 16.5. The summed E-state index contributed by atoms with van der Waals surface area (Å²) >= 11 is 0. The second-order valence-corrected chi connectivity index (χ2v) is 10.6. The molecular formula is C28H39N5O16. The standard InChI is InChI=1S/C28H39N5O16/c1-17(34)29-18-2-3-20(49-16-26(45)46)19(10-18)27(28(47)48)33(15-25(43)44)9-8-31(12-22(37)38)5-4-30(11-21(35)36)6-7-32(13-23(39)40)14-24(41)42/h2-3,10,27H,4-9,11-16H2,1H3,(H,29,34)(H,35,36)(H,37,38)(H,39,40)(H,41,42)(H,43,44)(H,45,46)(H,47,48). The summed E-state index contributed by atoms with van der Waals surface area (Å²) in [5.74, 6) is -10.5. The maximum Gasteiger partial charge on any atom is 0.341 e. The molecule has 0 aromatic heterocycles. The third-order valence-corrected chi connectivity index (χ3v) is 6.52. The highest BCUT2D eigenvalue weighted by molar-refractivity contribution is 5.89. The lowest BCUT2D eigenvalue weighted by atomic mass is 10.0. The molecule has 0 aliphatic rings. The van der Waals surface area contributed by atoms with Crippen molar-refractivity contribution in [2.45, 2.75) is 13.0 Å². The number of nitrogens with one attached hydrogen (secondary N) is 1. The normalized spacial score (nSPS) is 11.8. The summed E-state index contributed by atoms with van der Waals surface area (Å²) in [6.07, 6.45) is 0. The van der Waals surface area contributed by atoms with Gasteiger partial charge in [0, 0.05) is 57.4 Å². The predicted octanol–water partition coefficient (Wildman–Crippen LogP) is -2.13. The van der Waals surface area contributed by atoms with Gasteiger partial charge < -0.3 is 45.8 Å². The van der Waals surface area contributed by atoms with Gasteiger partial charge in [0.1, 0.15) is 11.8 Å². The Morgan fingerprint density at radius 3 is 1.45 bits per heavy atom. The highest BCUT2D eigenvalue weighted by Gasteiger charge is 2.33. The van der Waals surface area contributed by atoms with Crippen LogP contribution in [0, 0.1) is 0 Å². The van der Waals surface area contributed by atoms with Crippen LogP contribution in [0.1, 0.15) is 18.5 Å². The fourth-order valence-corrected chi connectivity index (χ4v) is 4.63. The van der Waals surface area contributed by atoms with Crippen molar-refractivity contribution in [2.24, 2.45) is 0 Å². The van der Waals surface area contributed by atoms with Gasteiger partial charge in [-0.25, -0.2) is 4.79 Å². The number of ether oxygens (including phenoxy) is 1. The third-order valence-electron chi connectivity index (χ3n) is 6.52. The molecule has 8 N–H and O–H groups in total. The summed E-state index contributed by atoms with van der Waals surface area (Å²) in [6, 6.07) is 1.87. The van der Waals surface area contributed by atoms with Crippen LogP contribution < -0.4 is 10.1 Å². The Morgan fingerprint density at radius 1 is 0.612 bits per heavy atom. The van der Waals surface area contributed by atoms with Crippen molar-refractivity contribution in [3.63, 3.8) is 0 Å². The Balaban J connectivity index is 3.34. The van der Waals surface area contributed by atoms with Gasteiger partial charge in [0.05, 0.1) is 32.7 Å². The third kappa shape index (κ3) is 17.4. The van der Waals surface area contributed by atoms with E-state index in [4.69, 9.17) is 20.1 Å². The van der Waals surface area contributed by atoms with E-state index >= 15 is 0 Å². The van der Waals surface area contributed by atoms with Crippen molar-refractivity contribution >= 4 is 53.4 Å². The fourth-order valence-electron chi connectivity index (χ4n) is 4.63. The topological polar surface area (TPSA) is 312 Å². The molecule has 0 heterocycles. The molecule has 0 fully saturated rings. The van der Waals surface area contributed by atoms with Gasteiger partial charge in [0.25, 0.3) is 0 Å². The van der Waals surface area contributed by atoms with Crippen LogP contribution in [0.3, 0.4) is 0 Å². The number of benzene rings is 1. The van der Waals surface area contributed by atoms with Gasteiger partial charge in [-0.3, -0.25) is 53.2 Å².